The van der Waals surface area contributed by atoms with Gasteiger partial charge in [-0.25, -0.2) is 9.97 Å². The number of hydrogen-bond acceptors (Lipinski definition) is 5. The van der Waals surface area contributed by atoms with Gasteiger partial charge in [-0.2, -0.15) is 0 Å². The molecule has 1 aromatic rings. The lowest BCUT2D eigenvalue weighted by atomic mass is 10.2. The van der Waals surface area contributed by atoms with Crippen LogP contribution in [0.25, 0.3) is 0 Å². The van der Waals surface area contributed by atoms with E-state index in [1.54, 1.807) is 6.33 Å². The number of aromatic nitrogens is 2. The SMILES string of the molecule is CCN(C)c1cc(NC(C)CCN)ncn1. The Hall–Kier alpha value is -1.36. The lowest BCUT2D eigenvalue weighted by molar-refractivity contribution is 0.713. The molecule has 16 heavy (non-hydrogen) atoms. The largest absolute Gasteiger partial charge is 0.367 e. The van der Waals surface area contributed by atoms with E-state index in [2.05, 4.69) is 34.0 Å². The Balaban J connectivity index is 2.67. The predicted molar refractivity (Wildman–Crippen MR) is 67.7 cm³/mol. The van der Waals surface area contributed by atoms with Crippen LogP contribution in [0.1, 0.15) is 20.3 Å². The number of rotatable bonds is 6. The Kier molecular flexibility index (Phi) is 4.98. The van der Waals surface area contributed by atoms with Gasteiger partial charge in [0, 0.05) is 25.7 Å². The van der Waals surface area contributed by atoms with Gasteiger partial charge in [-0.3, -0.25) is 0 Å². The Labute approximate surface area is 97.1 Å². The number of hydrogen-bond donors (Lipinski definition) is 2. The van der Waals surface area contributed by atoms with Gasteiger partial charge in [0.2, 0.25) is 0 Å². The van der Waals surface area contributed by atoms with Gasteiger partial charge in [-0.05, 0) is 26.8 Å². The first-order valence-electron chi connectivity index (χ1n) is 5.67. The molecule has 0 bridgehead atoms. The van der Waals surface area contributed by atoms with E-state index < -0.39 is 0 Å². The van der Waals surface area contributed by atoms with Gasteiger partial charge in [0.1, 0.15) is 18.0 Å². The molecule has 5 heteroatoms. The van der Waals surface area contributed by atoms with Crippen molar-refractivity contribution >= 4 is 11.6 Å². The summed E-state index contributed by atoms with van der Waals surface area (Å²) in [7, 11) is 2.01. The molecule has 1 unspecified atom stereocenters. The fourth-order valence-corrected chi connectivity index (χ4v) is 1.37. The van der Waals surface area contributed by atoms with Crippen LogP contribution in [0.3, 0.4) is 0 Å². The molecule has 5 nitrogen and oxygen atoms in total. The smallest absolute Gasteiger partial charge is 0.133 e. The topological polar surface area (TPSA) is 67.1 Å². The van der Waals surface area contributed by atoms with Crippen LogP contribution in [0.15, 0.2) is 12.4 Å². The van der Waals surface area contributed by atoms with Gasteiger partial charge < -0.3 is 16.0 Å². The van der Waals surface area contributed by atoms with Crippen LogP contribution in [-0.4, -0.2) is 36.1 Å². The van der Waals surface area contributed by atoms with Crippen molar-refractivity contribution in [3.05, 3.63) is 12.4 Å². The van der Waals surface area contributed by atoms with Crippen molar-refractivity contribution in [2.45, 2.75) is 26.3 Å². The third kappa shape index (κ3) is 3.66. The highest BCUT2D eigenvalue weighted by Crippen LogP contribution is 2.13. The van der Waals surface area contributed by atoms with Gasteiger partial charge >= 0.3 is 0 Å². The van der Waals surface area contributed by atoms with Crippen LogP contribution in [0.2, 0.25) is 0 Å². The fraction of sp³-hybridized carbons (Fsp3) is 0.636. The average molecular weight is 223 g/mol. The quantitative estimate of drug-likeness (QED) is 0.755. The summed E-state index contributed by atoms with van der Waals surface area (Å²) < 4.78 is 0. The zero-order valence-corrected chi connectivity index (χ0v) is 10.3. The van der Waals surface area contributed by atoms with Crippen LogP contribution < -0.4 is 16.0 Å². The molecule has 0 saturated carbocycles. The van der Waals surface area contributed by atoms with E-state index in [9.17, 15) is 0 Å². The Morgan fingerprint density at radius 3 is 2.88 bits per heavy atom. The number of nitrogens with zero attached hydrogens (tertiary/aromatic N) is 3. The Bertz CT molecular complexity index is 315. The highest BCUT2D eigenvalue weighted by Gasteiger charge is 2.05. The normalized spacial score (nSPS) is 12.2. The van der Waals surface area contributed by atoms with E-state index in [1.807, 2.05) is 13.1 Å². The van der Waals surface area contributed by atoms with E-state index in [0.29, 0.717) is 12.6 Å². The maximum Gasteiger partial charge on any atom is 0.133 e. The summed E-state index contributed by atoms with van der Waals surface area (Å²) in [6, 6.07) is 2.29. The molecule has 0 fully saturated rings. The minimum absolute atomic E-state index is 0.333. The first-order valence-corrected chi connectivity index (χ1v) is 5.67. The van der Waals surface area contributed by atoms with Crippen molar-refractivity contribution < 1.29 is 0 Å². The maximum absolute atomic E-state index is 5.50. The van der Waals surface area contributed by atoms with Crippen LogP contribution in [-0.2, 0) is 0 Å². The molecule has 0 aliphatic rings. The molecule has 0 aliphatic carbocycles. The minimum atomic E-state index is 0.333. The summed E-state index contributed by atoms with van der Waals surface area (Å²) in [6.07, 6.45) is 2.52. The highest BCUT2D eigenvalue weighted by atomic mass is 15.2. The molecule has 0 aliphatic heterocycles. The standard InChI is InChI=1S/C11H21N5/c1-4-16(3)11-7-10(13-8-14-11)15-9(2)5-6-12/h7-9H,4-6,12H2,1-3H3,(H,13,14,15). The molecule has 0 aromatic carbocycles. The number of anilines is 2. The molecule has 90 valence electrons. The molecule has 0 saturated heterocycles. The van der Waals surface area contributed by atoms with Crippen LogP contribution >= 0.6 is 0 Å². The van der Waals surface area contributed by atoms with Crippen LogP contribution in [0.4, 0.5) is 11.6 Å². The van der Waals surface area contributed by atoms with Crippen LogP contribution in [0, 0.1) is 0 Å². The molecular weight excluding hydrogens is 202 g/mol. The summed E-state index contributed by atoms with van der Waals surface area (Å²) >= 11 is 0. The second-order valence-corrected chi connectivity index (χ2v) is 3.90. The fourth-order valence-electron chi connectivity index (χ4n) is 1.37. The molecule has 0 radical (unpaired) electrons. The first-order chi connectivity index (χ1) is 7.67. The molecule has 1 rings (SSSR count). The van der Waals surface area contributed by atoms with Crippen molar-refractivity contribution in [3.8, 4) is 0 Å². The molecule has 1 aromatic heterocycles. The lowest BCUT2D eigenvalue weighted by Gasteiger charge is -2.17. The average Bonchev–Trinajstić information content (AvgIpc) is 2.28. The maximum atomic E-state index is 5.50. The van der Waals surface area contributed by atoms with E-state index in [0.717, 1.165) is 24.6 Å². The monoisotopic (exact) mass is 223 g/mol. The van der Waals surface area contributed by atoms with E-state index in [1.165, 1.54) is 0 Å². The van der Waals surface area contributed by atoms with E-state index in [4.69, 9.17) is 5.73 Å². The minimum Gasteiger partial charge on any atom is -0.367 e. The molecule has 0 spiro atoms. The first kappa shape index (κ1) is 12.7. The molecular formula is C11H21N5. The summed E-state index contributed by atoms with van der Waals surface area (Å²) in [5.74, 6) is 1.78. The zero-order valence-electron chi connectivity index (χ0n) is 10.3. The Morgan fingerprint density at radius 1 is 1.50 bits per heavy atom. The summed E-state index contributed by atoms with van der Waals surface area (Å²) in [4.78, 5) is 10.5. The Morgan fingerprint density at radius 2 is 2.25 bits per heavy atom. The lowest BCUT2D eigenvalue weighted by Crippen LogP contribution is -2.21. The molecule has 1 heterocycles. The van der Waals surface area contributed by atoms with Crippen molar-refractivity contribution in [1.82, 2.24) is 9.97 Å². The van der Waals surface area contributed by atoms with E-state index >= 15 is 0 Å². The van der Waals surface area contributed by atoms with Crippen LogP contribution in [0.5, 0.6) is 0 Å². The summed E-state index contributed by atoms with van der Waals surface area (Å²) in [5, 5.41) is 3.30. The van der Waals surface area contributed by atoms with Gasteiger partial charge in [-0.1, -0.05) is 0 Å². The highest BCUT2D eigenvalue weighted by molar-refractivity contribution is 5.48. The number of nitrogens with one attached hydrogen (secondary N) is 1. The van der Waals surface area contributed by atoms with Crippen molar-refractivity contribution in [2.24, 2.45) is 5.73 Å². The third-order valence-corrected chi connectivity index (χ3v) is 2.51. The van der Waals surface area contributed by atoms with E-state index in [-0.39, 0.29) is 0 Å². The predicted octanol–water partition coefficient (Wildman–Crippen LogP) is 1.08. The van der Waals surface area contributed by atoms with Crippen molar-refractivity contribution in [1.29, 1.82) is 0 Å². The zero-order chi connectivity index (χ0) is 12.0. The van der Waals surface area contributed by atoms with Gasteiger partial charge in [-0.15, -0.1) is 0 Å². The molecule has 3 N–H and O–H groups in total. The number of nitrogens with two attached hydrogens (primary N) is 1. The van der Waals surface area contributed by atoms with Crippen molar-refractivity contribution in [2.75, 3.05) is 30.4 Å². The summed E-state index contributed by atoms with van der Waals surface area (Å²) in [6.45, 7) is 5.79. The second kappa shape index (κ2) is 6.27. The molecule has 0 amide bonds. The van der Waals surface area contributed by atoms with Gasteiger partial charge in [0.15, 0.2) is 0 Å². The van der Waals surface area contributed by atoms with Gasteiger partial charge in [0.05, 0.1) is 0 Å². The van der Waals surface area contributed by atoms with Crippen molar-refractivity contribution in [3.63, 3.8) is 0 Å². The third-order valence-electron chi connectivity index (χ3n) is 2.51. The second-order valence-electron chi connectivity index (χ2n) is 3.90. The summed E-state index contributed by atoms with van der Waals surface area (Å²) in [5.41, 5.74) is 5.50. The molecule has 1 atom stereocenters. The van der Waals surface area contributed by atoms with Gasteiger partial charge in [0.25, 0.3) is 0 Å².